The maximum atomic E-state index is 17.0. The molecule has 10 rings (SSSR count). The van der Waals surface area contributed by atoms with Crippen molar-refractivity contribution in [2.45, 2.75) is 93.7 Å². The molecule has 3 N–H and O–H groups in total. The number of aromatic nitrogens is 2. The van der Waals surface area contributed by atoms with Crippen LogP contribution < -0.4 is 19.9 Å². The minimum absolute atomic E-state index is 0.0525. The minimum atomic E-state index is -2.14. The molecule has 394 valence electrons. The summed E-state index contributed by atoms with van der Waals surface area (Å²) in [6.07, 6.45) is 6.86. The van der Waals surface area contributed by atoms with Crippen LogP contribution in [0.3, 0.4) is 0 Å². The number of morpholine rings is 1. The van der Waals surface area contributed by atoms with E-state index in [9.17, 15) is 15.0 Å². The summed E-state index contributed by atoms with van der Waals surface area (Å²) in [4.78, 5) is 93.4. The van der Waals surface area contributed by atoms with Crippen molar-refractivity contribution in [1.29, 1.82) is 0 Å². The lowest BCUT2D eigenvalue weighted by atomic mass is 9.64. The number of carbonyl (C=O) groups is 5. The minimum Gasteiger partial charge on any atom is -0.491 e. The summed E-state index contributed by atoms with van der Waals surface area (Å²) in [5.41, 5.74) is -0.818. The molecule has 17 heteroatoms. The second kappa shape index (κ2) is 21.9. The van der Waals surface area contributed by atoms with Crippen LogP contribution in [0.2, 0.25) is 0 Å². The van der Waals surface area contributed by atoms with Gasteiger partial charge in [0.1, 0.15) is 41.6 Å². The van der Waals surface area contributed by atoms with Crippen LogP contribution in [0.1, 0.15) is 98.4 Å². The number of imide groups is 1. The highest BCUT2D eigenvalue weighted by Crippen LogP contribution is 2.66. The normalized spacial score (nSPS) is 24.4. The number of fused-ring (bicyclic) bond motifs is 3. The number of anilines is 2. The number of hydrogen-bond acceptors (Lipinski definition) is 14. The first-order chi connectivity index (χ1) is 36.9. The van der Waals surface area contributed by atoms with Crippen molar-refractivity contribution in [3.63, 3.8) is 0 Å². The number of cyclic esters (lactones) is 1. The van der Waals surface area contributed by atoms with E-state index in [-0.39, 0.29) is 37.6 Å². The van der Waals surface area contributed by atoms with Crippen molar-refractivity contribution in [2.24, 2.45) is 11.8 Å². The number of esters is 2. The molecule has 5 aliphatic rings. The van der Waals surface area contributed by atoms with Crippen LogP contribution in [-0.2, 0) is 34.1 Å². The molecule has 3 saturated heterocycles. The van der Waals surface area contributed by atoms with Gasteiger partial charge in [0.15, 0.2) is 0 Å². The standard InChI is InChI=1S/C59H63N7O10/c1-38(2)47(53(69)74-3)62-57(72)65-45-23-22-39(24-27-58(73)25-12-4-5-13-26-58)36-44(45)59(55(65)71)46(52(68)63-30-32-64(33-31-63)56-60-28-15-29-61-56)49-54(70)76-50(41-18-10-7-11-19-41)48(40-16-8-6-9-17-40)66(49)51(59)42-20-14-21-43(37-42)75-35-34-67/h6-11,14-23,28-29,36-38,46-51,67,73H,4-5,12-13,25-26,30-35H2,1-3H3,(H,62,72). The molecular formula is C59H63N7O10. The average Bonchev–Trinajstić information content (AvgIpc) is 3.98. The summed E-state index contributed by atoms with van der Waals surface area (Å²) in [5, 5.41) is 24.6. The van der Waals surface area contributed by atoms with Crippen molar-refractivity contribution < 1.29 is 48.4 Å². The smallest absolute Gasteiger partial charge is 0.329 e. The molecule has 5 heterocycles. The summed E-state index contributed by atoms with van der Waals surface area (Å²) < 4.78 is 17.9. The third-order valence-electron chi connectivity index (χ3n) is 15.7. The molecule has 1 saturated carbocycles. The Bertz CT molecular complexity index is 3010. The molecule has 1 aromatic heterocycles. The number of nitrogens with zero attached hydrogens (tertiary/aromatic N) is 6. The number of amides is 4. The Balaban J connectivity index is 1.25. The maximum absolute atomic E-state index is 17.0. The van der Waals surface area contributed by atoms with Gasteiger partial charge in [0.05, 0.1) is 37.4 Å². The second-order valence-electron chi connectivity index (χ2n) is 20.5. The number of piperazine rings is 1. The fraction of sp³-hybridized carbons (Fsp3) is 0.407. The van der Waals surface area contributed by atoms with E-state index < -0.39 is 82.9 Å². The van der Waals surface area contributed by atoms with E-state index in [1.165, 1.54) is 7.11 Å². The van der Waals surface area contributed by atoms with E-state index in [1.54, 1.807) is 73.6 Å². The molecule has 1 aliphatic carbocycles. The van der Waals surface area contributed by atoms with Gasteiger partial charge in [-0.3, -0.25) is 19.3 Å². The first-order valence-corrected chi connectivity index (χ1v) is 26.2. The van der Waals surface area contributed by atoms with E-state index in [4.69, 9.17) is 14.2 Å². The number of rotatable bonds is 11. The SMILES string of the molecule is COC(=O)C(NC(=O)N1C(=O)C2(c3cc(C#CC4(O)CCCCCC4)ccc31)C(C(=O)N1CCN(c3ncccn3)CC1)C1C(=O)OC(c3ccccc3)C(c3ccccc3)N1C2c1cccc(OCCO)c1)C(C)C. The lowest BCUT2D eigenvalue weighted by molar-refractivity contribution is -0.179. The van der Waals surface area contributed by atoms with Crippen LogP contribution in [0.4, 0.5) is 16.4 Å². The summed E-state index contributed by atoms with van der Waals surface area (Å²) in [6.45, 7) is 4.13. The number of nitrogens with one attached hydrogen (secondary N) is 1. The maximum Gasteiger partial charge on any atom is 0.329 e. The van der Waals surface area contributed by atoms with Gasteiger partial charge in [-0.25, -0.2) is 24.5 Å². The van der Waals surface area contributed by atoms with E-state index in [1.807, 2.05) is 76.5 Å². The van der Waals surface area contributed by atoms with Crippen LogP contribution in [0, 0.1) is 23.7 Å². The van der Waals surface area contributed by atoms with Gasteiger partial charge >= 0.3 is 18.0 Å². The van der Waals surface area contributed by atoms with Crippen molar-refractivity contribution in [1.82, 2.24) is 25.1 Å². The van der Waals surface area contributed by atoms with Crippen LogP contribution in [-0.4, -0.2) is 124 Å². The van der Waals surface area contributed by atoms with Crippen LogP contribution >= 0.6 is 0 Å². The van der Waals surface area contributed by atoms with Crippen molar-refractivity contribution >= 4 is 41.4 Å². The van der Waals surface area contributed by atoms with Crippen LogP contribution in [0.25, 0.3) is 0 Å². The van der Waals surface area contributed by atoms with E-state index in [2.05, 4.69) is 27.1 Å². The van der Waals surface area contributed by atoms with Gasteiger partial charge in [-0.2, -0.15) is 0 Å². The Labute approximate surface area is 442 Å². The number of ether oxygens (including phenoxy) is 3. The Morgan fingerprint density at radius 1 is 0.816 bits per heavy atom. The first-order valence-electron chi connectivity index (χ1n) is 26.2. The fourth-order valence-electron chi connectivity index (χ4n) is 12.1. The zero-order valence-electron chi connectivity index (χ0n) is 42.9. The topological polar surface area (TPSA) is 204 Å². The zero-order valence-corrected chi connectivity index (χ0v) is 42.9. The summed E-state index contributed by atoms with van der Waals surface area (Å²) in [6, 6.07) is 26.9. The first kappa shape index (κ1) is 51.8. The van der Waals surface area contributed by atoms with Crippen LogP contribution in [0.15, 0.2) is 122 Å². The number of aliphatic hydroxyl groups excluding tert-OH is 1. The summed E-state index contributed by atoms with van der Waals surface area (Å²) in [7, 11) is 1.22. The third kappa shape index (κ3) is 9.54. The van der Waals surface area contributed by atoms with Crippen LogP contribution in [0.5, 0.6) is 5.75 Å². The van der Waals surface area contributed by atoms with Gasteiger partial charge < -0.3 is 39.5 Å². The van der Waals surface area contributed by atoms with Crippen molar-refractivity contribution in [3.05, 3.63) is 149 Å². The van der Waals surface area contributed by atoms with Crippen molar-refractivity contribution in [2.75, 3.05) is 56.3 Å². The summed E-state index contributed by atoms with van der Waals surface area (Å²) >= 11 is 0. The molecule has 0 radical (unpaired) electrons. The lowest BCUT2D eigenvalue weighted by Gasteiger charge is -2.46. The monoisotopic (exact) mass is 1030 g/mol. The van der Waals surface area contributed by atoms with Gasteiger partial charge in [0.2, 0.25) is 17.8 Å². The van der Waals surface area contributed by atoms with Gasteiger partial charge in [-0.15, -0.1) is 0 Å². The number of carbonyl (C=O) groups excluding carboxylic acids is 5. The highest BCUT2D eigenvalue weighted by atomic mass is 16.6. The molecule has 17 nitrogen and oxygen atoms in total. The van der Waals surface area contributed by atoms with Gasteiger partial charge in [-0.05, 0) is 90.3 Å². The van der Waals surface area contributed by atoms with E-state index in [0.717, 1.165) is 36.1 Å². The number of methoxy groups -OCH3 is 1. The molecule has 7 unspecified atom stereocenters. The quantitative estimate of drug-likeness (QED) is 0.0766. The van der Waals surface area contributed by atoms with Gasteiger partial charge in [0, 0.05) is 44.1 Å². The van der Waals surface area contributed by atoms with E-state index >= 15 is 19.2 Å². The van der Waals surface area contributed by atoms with Gasteiger partial charge in [0.25, 0.3) is 0 Å². The molecule has 4 amide bonds. The molecule has 4 aromatic carbocycles. The molecule has 0 bridgehead atoms. The Kier molecular flexibility index (Phi) is 14.9. The highest BCUT2D eigenvalue weighted by Gasteiger charge is 2.76. The Morgan fingerprint density at radius 3 is 2.14 bits per heavy atom. The van der Waals surface area contributed by atoms with Gasteiger partial charge in [-0.1, -0.05) is 111 Å². The number of benzene rings is 4. The fourth-order valence-corrected chi connectivity index (χ4v) is 12.1. The largest absolute Gasteiger partial charge is 0.491 e. The third-order valence-corrected chi connectivity index (χ3v) is 15.7. The zero-order chi connectivity index (χ0) is 53.1. The molecule has 76 heavy (non-hydrogen) atoms. The average molecular weight is 1030 g/mol. The second-order valence-corrected chi connectivity index (χ2v) is 20.5. The number of hydrogen-bond donors (Lipinski definition) is 3. The van der Waals surface area contributed by atoms with Crippen molar-refractivity contribution in [3.8, 4) is 17.6 Å². The summed E-state index contributed by atoms with van der Waals surface area (Å²) in [5.74, 6) is 2.37. The Morgan fingerprint density at radius 2 is 1.49 bits per heavy atom. The Hall–Kier alpha value is -7.65. The number of urea groups is 1. The molecule has 4 fully saturated rings. The molecular weight excluding hydrogens is 967 g/mol. The highest BCUT2D eigenvalue weighted by molar-refractivity contribution is 6.25. The number of aliphatic hydroxyl groups is 2. The predicted octanol–water partition coefficient (Wildman–Crippen LogP) is 6.21. The molecule has 1 spiro atoms. The van der Waals surface area contributed by atoms with E-state index in [0.29, 0.717) is 54.3 Å². The molecule has 5 aromatic rings. The molecule has 4 aliphatic heterocycles. The lowest BCUT2D eigenvalue weighted by Crippen LogP contribution is -2.60. The predicted molar refractivity (Wildman–Crippen MR) is 280 cm³/mol. The molecule has 7 atom stereocenters.